The molecular weight excluding hydrogens is 504 g/mol. The summed E-state index contributed by atoms with van der Waals surface area (Å²) in [6.07, 6.45) is 1.38. The molecule has 0 spiro atoms. The molecule has 37 heavy (non-hydrogen) atoms. The van der Waals surface area contributed by atoms with E-state index in [-0.39, 0.29) is 42.8 Å². The lowest BCUT2D eigenvalue weighted by Gasteiger charge is -2.34. The molecule has 2 N–H and O–H groups in total. The van der Waals surface area contributed by atoms with Crippen LogP contribution in [-0.2, 0) is 16.0 Å². The van der Waals surface area contributed by atoms with Crippen molar-refractivity contribution in [3.05, 3.63) is 70.9 Å². The number of fused-ring (bicyclic) bond motifs is 1. The molecule has 1 atom stereocenters. The van der Waals surface area contributed by atoms with E-state index in [0.29, 0.717) is 22.8 Å². The molecule has 2 amide bonds. The fraction of sp³-hybridized carbons (Fsp3) is 0.370. The molecule has 3 aromatic rings. The SMILES string of the molecule is CN(C(=O)CCc1cccc(F)c1Cl)[C@H](COC(=O)Nc1cc2cc(F)ccc2cn1)CC(C)(C)CO. The van der Waals surface area contributed by atoms with E-state index in [4.69, 9.17) is 16.3 Å². The molecule has 2 aromatic carbocycles. The Balaban J connectivity index is 1.64. The van der Waals surface area contributed by atoms with Crippen LogP contribution in [0.1, 0.15) is 32.3 Å². The van der Waals surface area contributed by atoms with Crippen molar-refractivity contribution in [3.63, 3.8) is 0 Å². The van der Waals surface area contributed by atoms with E-state index in [1.807, 2.05) is 13.8 Å². The predicted octanol–water partition coefficient (Wildman–Crippen LogP) is 5.58. The first-order valence-electron chi connectivity index (χ1n) is 11.8. The molecule has 0 aliphatic rings. The number of carbonyl (C=O) groups excluding carboxylic acids is 2. The third-order valence-corrected chi connectivity index (χ3v) is 6.54. The summed E-state index contributed by atoms with van der Waals surface area (Å²) in [5.74, 6) is -1.02. The van der Waals surface area contributed by atoms with E-state index in [9.17, 15) is 23.5 Å². The quantitative estimate of drug-likeness (QED) is 0.355. The van der Waals surface area contributed by atoms with Crippen LogP contribution in [0.2, 0.25) is 5.02 Å². The molecule has 0 bridgehead atoms. The maximum atomic E-state index is 13.7. The largest absolute Gasteiger partial charge is 0.447 e. The number of hydrogen-bond donors (Lipinski definition) is 2. The van der Waals surface area contributed by atoms with Crippen LogP contribution in [0.25, 0.3) is 10.8 Å². The van der Waals surface area contributed by atoms with Gasteiger partial charge in [-0.3, -0.25) is 10.1 Å². The Morgan fingerprint density at radius 1 is 1.19 bits per heavy atom. The number of aliphatic hydroxyl groups excluding tert-OH is 1. The summed E-state index contributed by atoms with van der Waals surface area (Å²) in [6.45, 7) is 3.40. The van der Waals surface area contributed by atoms with Gasteiger partial charge in [-0.25, -0.2) is 18.6 Å². The standard InChI is InChI=1S/C27H30ClF2N3O4/c1-27(2,16-34)13-21(33(3)24(35)10-8-17-5-4-6-22(30)25(17)28)15-37-26(36)32-23-12-19-11-20(29)9-7-18(19)14-31-23/h4-7,9,11-12,14,21,34H,8,10,13,15-16H2,1-3H3,(H,31,32,36)/t21-/m0/s1. The van der Waals surface area contributed by atoms with Crippen LogP contribution in [0, 0.1) is 17.0 Å². The van der Waals surface area contributed by atoms with Gasteiger partial charge in [-0.05, 0) is 59.5 Å². The van der Waals surface area contributed by atoms with Gasteiger partial charge in [0.2, 0.25) is 5.91 Å². The number of nitrogens with zero attached hydrogens (tertiary/aromatic N) is 2. The van der Waals surface area contributed by atoms with Crippen molar-refractivity contribution in [3.8, 4) is 0 Å². The van der Waals surface area contributed by atoms with E-state index < -0.39 is 29.2 Å². The summed E-state index contributed by atoms with van der Waals surface area (Å²) >= 11 is 6.00. The number of hydrogen-bond acceptors (Lipinski definition) is 5. The van der Waals surface area contributed by atoms with E-state index in [1.165, 1.54) is 41.4 Å². The molecule has 10 heteroatoms. The van der Waals surface area contributed by atoms with Crippen molar-refractivity contribution in [2.75, 3.05) is 25.6 Å². The molecular formula is C27H30ClF2N3O4. The Labute approximate surface area is 219 Å². The highest BCUT2D eigenvalue weighted by atomic mass is 35.5. The van der Waals surface area contributed by atoms with E-state index in [0.717, 1.165) is 0 Å². The maximum absolute atomic E-state index is 13.7. The Hall–Kier alpha value is -3.30. The predicted molar refractivity (Wildman–Crippen MR) is 138 cm³/mol. The number of likely N-dealkylation sites (N-methyl/N-ethyl adjacent to an activating group) is 1. The third kappa shape index (κ3) is 7.84. The van der Waals surface area contributed by atoms with Gasteiger partial charge < -0.3 is 14.7 Å². The average molecular weight is 534 g/mol. The molecule has 198 valence electrons. The average Bonchev–Trinajstić information content (AvgIpc) is 2.86. The molecule has 0 saturated carbocycles. The van der Waals surface area contributed by atoms with Crippen molar-refractivity contribution in [2.24, 2.45) is 5.41 Å². The highest BCUT2D eigenvalue weighted by Gasteiger charge is 2.29. The summed E-state index contributed by atoms with van der Waals surface area (Å²) in [4.78, 5) is 31.0. The third-order valence-electron chi connectivity index (χ3n) is 6.12. The fourth-order valence-corrected chi connectivity index (χ4v) is 4.09. The van der Waals surface area contributed by atoms with Gasteiger partial charge in [-0.1, -0.05) is 37.6 Å². The minimum atomic E-state index is -0.789. The Kier molecular flexibility index (Phi) is 9.39. The zero-order chi connectivity index (χ0) is 27.2. The number of anilines is 1. The van der Waals surface area contributed by atoms with Crippen molar-refractivity contribution in [2.45, 2.75) is 39.2 Å². The number of aliphatic hydroxyl groups is 1. The first kappa shape index (κ1) is 28.3. The molecule has 0 aliphatic carbocycles. The van der Waals surface area contributed by atoms with Crippen molar-refractivity contribution < 1.29 is 28.2 Å². The molecule has 1 aromatic heterocycles. The van der Waals surface area contributed by atoms with Gasteiger partial charge in [0.25, 0.3) is 0 Å². The Morgan fingerprint density at radius 2 is 1.95 bits per heavy atom. The highest BCUT2D eigenvalue weighted by Crippen LogP contribution is 2.26. The van der Waals surface area contributed by atoms with Gasteiger partial charge in [-0.2, -0.15) is 0 Å². The summed E-state index contributed by atoms with van der Waals surface area (Å²) in [5, 5.41) is 13.5. The van der Waals surface area contributed by atoms with E-state index in [1.54, 1.807) is 19.2 Å². The second-order valence-corrected chi connectivity index (χ2v) is 10.1. The lowest BCUT2D eigenvalue weighted by atomic mass is 9.86. The lowest BCUT2D eigenvalue weighted by Crippen LogP contribution is -2.44. The first-order chi connectivity index (χ1) is 17.5. The number of aryl methyl sites for hydroxylation is 1. The zero-order valence-electron chi connectivity index (χ0n) is 20.9. The van der Waals surface area contributed by atoms with E-state index in [2.05, 4.69) is 10.3 Å². The fourth-order valence-electron chi connectivity index (χ4n) is 3.87. The highest BCUT2D eigenvalue weighted by molar-refractivity contribution is 6.31. The molecule has 0 saturated heterocycles. The number of rotatable bonds is 10. The lowest BCUT2D eigenvalue weighted by molar-refractivity contribution is -0.133. The molecule has 7 nitrogen and oxygen atoms in total. The molecule has 3 rings (SSSR count). The molecule has 0 fully saturated rings. The smallest absolute Gasteiger partial charge is 0.412 e. The Morgan fingerprint density at radius 3 is 2.68 bits per heavy atom. The summed E-state index contributed by atoms with van der Waals surface area (Å²) in [7, 11) is 1.59. The molecule has 1 heterocycles. The molecule has 0 radical (unpaired) electrons. The van der Waals surface area contributed by atoms with E-state index >= 15 is 0 Å². The topological polar surface area (TPSA) is 91.8 Å². The molecule has 0 unspecified atom stereocenters. The second kappa shape index (κ2) is 12.3. The van der Waals surface area contributed by atoms with Crippen LogP contribution < -0.4 is 5.32 Å². The van der Waals surface area contributed by atoms with Gasteiger partial charge >= 0.3 is 6.09 Å². The van der Waals surface area contributed by atoms with Gasteiger partial charge in [-0.15, -0.1) is 0 Å². The van der Waals surface area contributed by atoms with Crippen LogP contribution >= 0.6 is 11.6 Å². The van der Waals surface area contributed by atoms with Gasteiger partial charge in [0.05, 0.1) is 11.1 Å². The summed E-state index contributed by atoms with van der Waals surface area (Å²) in [6, 6.07) is 9.67. The summed E-state index contributed by atoms with van der Waals surface area (Å²) in [5.41, 5.74) is -0.0245. The monoisotopic (exact) mass is 533 g/mol. The van der Waals surface area contributed by atoms with Crippen LogP contribution in [0.3, 0.4) is 0 Å². The number of amides is 2. The first-order valence-corrected chi connectivity index (χ1v) is 12.2. The van der Waals surface area contributed by atoms with Crippen molar-refractivity contribution in [1.82, 2.24) is 9.88 Å². The summed E-state index contributed by atoms with van der Waals surface area (Å²) < 4.78 is 32.6. The maximum Gasteiger partial charge on any atom is 0.412 e. The minimum absolute atomic E-state index is 0.0130. The number of pyridine rings is 1. The number of aromatic nitrogens is 1. The molecule has 0 aliphatic heterocycles. The second-order valence-electron chi connectivity index (χ2n) is 9.68. The van der Waals surface area contributed by atoms with Crippen LogP contribution in [0.15, 0.2) is 48.7 Å². The number of halogens is 3. The minimum Gasteiger partial charge on any atom is -0.447 e. The van der Waals surface area contributed by atoms with Crippen LogP contribution in [0.4, 0.5) is 19.4 Å². The van der Waals surface area contributed by atoms with Crippen LogP contribution in [0.5, 0.6) is 0 Å². The van der Waals surface area contributed by atoms with Crippen LogP contribution in [-0.4, -0.2) is 53.3 Å². The van der Waals surface area contributed by atoms with Gasteiger partial charge in [0.15, 0.2) is 0 Å². The number of ether oxygens (including phenoxy) is 1. The Bertz CT molecular complexity index is 1270. The van der Waals surface area contributed by atoms with Crippen molar-refractivity contribution in [1.29, 1.82) is 0 Å². The number of carbonyl (C=O) groups is 2. The van der Waals surface area contributed by atoms with Gasteiger partial charge in [0.1, 0.15) is 24.1 Å². The number of nitrogens with one attached hydrogen (secondary N) is 1. The number of benzene rings is 2. The zero-order valence-corrected chi connectivity index (χ0v) is 21.7. The van der Waals surface area contributed by atoms with Gasteiger partial charge in [0, 0.05) is 31.7 Å². The normalized spacial score (nSPS) is 12.3. The van der Waals surface area contributed by atoms with Crippen molar-refractivity contribution >= 4 is 40.2 Å².